The summed E-state index contributed by atoms with van der Waals surface area (Å²) in [6.45, 7) is -0.0245. The van der Waals surface area contributed by atoms with Gasteiger partial charge in [0.15, 0.2) is 0 Å². The van der Waals surface area contributed by atoms with Gasteiger partial charge in [0.05, 0.1) is 7.11 Å². The summed E-state index contributed by atoms with van der Waals surface area (Å²) in [5, 5.41) is 8.52. The Bertz CT molecular complexity index is 340. The van der Waals surface area contributed by atoms with Gasteiger partial charge in [-0.1, -0.05) is 15.9 Å². The number of benzene rings is 1. The van der Waals surface area contributed by atoms with E-state index in [0.717, 1.165) is 9.37 Å². The summed E-state index contributed by atoms with van der Waals surface area (Å²) >= 11 is 4.74. The molecule has 0 unspecified atom stereocenters. The van der Waals surface area contributed by atoms with Crippen LogP contribution in [0.1, 0.15) is 6.42 Å². The van der Waals surface area contributed by atoms with Gasteiger partial charge in [-0.05, 0) is 30.7 Å². The van der Waals surface area contributed by atoms with Gasteiger partial charge in [0, 0.05) is 16.0 Å². The predicted octanol–water partition coefficient (Wildman–Crippen LogP) is 2.47. The van der Waals surface area contributed by atoms with Crippen molar-refractivity contribution >= 4 is 33.7 Å². The van der Waals surface area contributed by atoms with Gasteiger partial charge in [-0.3, -0.25) is 4.79 Å². The summed E-state index contributed by atoms with van der Waals surface area (Å²) in [6, 6.07) is 7.66. The van der Waals surface area contributed by atoms with Crippen LogP contribution in [0.15, 0.2) is 33.6 Å². The van der Waals surface area contributed by atoms with Crippen molar-refractivity contribution in [3.63, 3.8) is 0 Å². The number of hydrogen-bond donors (Lipinski definition) is 1. The van der Waals surface area contributed by atoms with E-state index in [1.807, 2.05) is 24.3 Å². The fourth-order valence-electron chi connectivity index (χ4n) is 1.15. The van der Waals surface area contributed by atoms with Crippen LogP contribution in [-0.2, 0) is 9.53 Å². The van der Waals surface area contributed by atoms with E-state index in [1.54, 1.807) is 0 Å². The number of aliphatic hydroxyl groups is 1. The standard InChI is InChI=1S/C11H13BrO3S/c1-15-11(14)10(6-7-13)16-9-4-2-8(12)3-5-9/h2-5,10,13H,6-7H2,1H3/t10-/m0/s1. The Hall–Kier alpha value is -0.520. The summed E-state index contributed by atoms with van der Waals surface area (Å²) in [7, 11) is 1.36. The van der Waals surface area contributed by atoms with Crippen molar-refractivity contribution in [1.29, 1.82) is 0 Å². The third kappa shape index (κ3) is 4.15. The van der Waals surface area contributed by atoms with Crippen molar-refractivity contribution in [3.05, 3.63) is 28.7 Å². The summed E-state index contributed by atoms with van der Waals surface area (Å²) in [6.07, 6.45) is 0.396. The molecule has 3 nitrogen and oxygen atoms in total. The first-order chi connectivity index (χ1) is 7.67. The molecule has 0 fully saturated rings. The first-order valence-corrected chi connectivity index (χ1v) is 6.45. The zero-order valence-corrected chi connectivity index (χ0v) is 11.3. The maximum Gasteiger partial charge on any atom is 0.319 e. The number of esters is 1. The van der Waals surface area contributed by atoms with E-state index in [1.165, 1.54) is 18.9 Å². The molecule has 0 spiro atoms. The summed E-state index contributed by atoms with van der Waals surface area (Å²) < 4.78 is 5.67. The van der Waals surface area contributed by atoms with Crippen LogP contribution in [0.3, 0.4) is 0 Å². The molecular weight excluding hydrogens is 292 g/mol. The Morgan fingerprint density at radius 3 is 2.62 bits per heavy atom. The molecule has 88 valence electrons. The first-order valence-electron chi connectivity index (χ1n) is 4.78. The minimum atomic E-state index is -0.351. The molecule has 1 N–H and O–H groups in total. The zero-order valence-electron chi connectivity index (χ0n) is 8.85. The lowest BCUT2D eigenvalue weighted by Crippen LogP contribution is -2.19. The van der Waals surface area contributed by atoms with Crippen LogP contribution in [0.4, 0.5) is 0 Å². The number of aliphatic hydroxyl groups excluding tert-OH is 1. The van der Waals surface area contributed by atoms with E-state index in [2.05, 4.69) is 20.7 Å². The van der Waals surface area contributed by atoms with Crippen molar-refractivity contribution in [2.45, 2.75) is 16.6 Å². The van der Waals surface area contributed by atoms with Gasteiger partial charge in [-0.2, -0.15) is 0 Å². The van der Waals surface area contributed by atoms with Crippen molar-refractivity contribution in [2.24, 2.45) is 0 Å². The lowest BCUT2D eigenvalue weighted by molar-refractivity contribution is -0.140. The summed E-state index contributed by atoms with van der Waals surface area (Å²) in [5.74, 6) is -0.304. The van der Waals surface area contributed by atoms with Crippen molar-refractivity contribution in [3.8, 4) is 0 Å². The van der Waals surface area contributed by atoms with E-state index < -0.39 is 0 Å². The number of carbonyl (C=O) groups excluding carboxylic acids is 1. The minimum absolute atomic E-state index is 0.0245. The fourth-order valence-corrected chi connectivity index (χ4v) is 2.45. The number of halogens is 1. The molecule has 0 radical (unpaired) electrons. The number of hydrogen-bond acceptors (Lipinski definition) is 4. The zero-order chi connectivity index (χ0) is 12.0. The highest BCUT2D eigenvalue weighted by Gasteiger charge is 2.19. The molecule has 0 saturated carbocycles. The van der Waals surface area contributed by atoms with Crippen molar-refractivity contribution in [1.82, 2.24) is 0 Å². The Labute approximate surface area is 107 Å². The molecule has 0 aliphatic heterocycles. The molecule has 0 saturated heterocycles. The second kappa shape index (κ2) is 6.93. The summed E-state index contributed by atoms with van der Waals surface area (Å²) in [5.41, 5.74) is 0. The third-order valence-electron chi connectivity index (χ3n) is 1.95. The van der Waals surface area contributed by atoms with E-state index >= 15 is 0 Å². The maximum absolute atomic E-state index is 11.4. The Kier molecular flexibility index (Phi) is 5.87. The van der Waals surface area contributed by atoms with E-state index in [0.29, 0.717) is 6.42 Å². The summed E-state index contributed by atoms with van der Waals surface area (Å²) in [4.78, 5) is 12.4. The van der Waals surface area contributed by atoms with Gasteiger partial charge in [0.25, 0.3) is 0 Å². The average molecular weight is 305 g/mol. The van der Waals surface area contributed by atoms with Gasteiger partial charge in [0.2, 0.25) is 0 Å². The largest absolute Gasteiger partial charge is 0.468 e. The highest BCUT2D eigenvalue weighted by molar-refractivity contribution is 9.10. The highest BCUT2D eigenvalue weighted by Crippen LogP contribution is 2.27. The van der Waals surface area contributed by atoms with E-state index in [-0.39, 0.29) is 17.8 Å². The topological polar surface area (TPSA) is 46.5 Å². The average Bonchev–Trinajstić information content (AvgIpc) is 2.30. The van der Waals surface area contributed by atoms with Crippen molar-refractivity contribution < 1.29 is 14.6 Å². The van der Waals surface area contributed by atoms with Crippen LogP contribution in [0, 0.1) is 0 Å². The normalized spacial score (nSPS) is 12.2. The number of carbonyl (C=O) groups is 1. The molecule has 0 bridgehead atoms. The monoisotopic (exact) mass is 304 g/mol. The Morgan fingerprint density at radius 2 is 2.12 bits per heavy atom. The van der Waals surface area contributed by atoms with Gasteiger partial charge >= 0.3 is 5.97 Å². The number of methoxy groups -OCH3 is 1. The SMILES string of the molecule is COC(=O)[C@H](CCO)Sc1ccc(Br)cc1. The molecule has 1 rings (SSSR count). The van der Waals surface area contributed by atoms with Crippen LogP contribution in [0.2, 0.25) is 0 Å². The van der Waals surface area contributed by atoms with Crippen LogP contribution in [0.5, 0.6) is 0 Å². The van der Waals surface area contributed by atoms with E-state index in [9.17, 15) is 4.79 Å². The predicted molar refractivity (Wildman–Crippen MR) is 67.5 cm³/mol. The molecule has 0 heterocycles. The maximum atomic E-state index is 11.4. The number of rotatable bonds is 5. The lowest BCUT2D eigenvalue weighted by atomic mass is 10.3. The molecule has 1 aromatic rings. The molecular formula is C11H13BrO3S. The molecule has 0 aliphatic rings. The molecule has 0 aromatic heterocycles. The molecule has 0 aliphatic carbocycles. The first kappa shape index (κ1) is 13.5. The van der Waals surface area contributed by atoms with Crippen LogP contribution in [-0.4, -0.2) is 30.0 Å². The molecule has 5 heteroatoms. The van der Waals surface area contributed by atoms with Gasteiger partial charge in [-0.15, -0.1) is 11.8 Å². The van der Waals surface area contributed by atoms with Crippen LogP contribution in [0.25, 0.3) is 0 Å². The Balaban J connectivity index is 2.67. The number of thioether (sulfide) groups is 1. The highest BCUT2D eigenvalue weighted by atomic mass is 79.9. The van der Waals surface area contributed by atoms with Crippen LogP contribution < -0.4 is 0 Å². The molecule has 16 heavy (non-hydrogen) atoms. The molecule has 0 amide bonds. The second-order valence-electron chi connectivity index (χ2n) is 3.10. The quantitative estimate of drug-likeness (QED) is 0.670. The van der Waals surface area contributed by atoms with Gasteiger partial charge < -0.3 is 9.84 Å². The lowest BCUT2D eigenvalue weighted by Gasteiger charge is -2.12. The fraction of sp³-hybridized carbons (Fsp3) is 0.364. The van der Waals surface area contributed by atoms with Gasteiger partial charge in [0.1, 0.15) is 5.25 Å². The minimum Gasteiger partial charge on any atom is -0.468 e. The Morgan fingerprint density at radius 1 is 1.50 bits per heavy atom. The van der Waals surface area contributed by atoms with Crippen LogP contribution >= 0.6 is 27.7 Å². The number of ether oxygens (including phenoxy) is 1. The molecule has 1 atom stereocenters. The van der Waals surface area contributed by atoms with Crippen molar-refractivity contribution in [2.75, 3.05) is 13.7 Å². The third-order valence-corrected chi connectivity index (χ3v) is 3.73. The van der Waals surface area contributed by atoms with E-state index in [4.69, 9.17) is 5.11 Å². The van der Waals surface area contributed by atoms with Gasteiger partial charge in [-0.25, -0.2) is 0 Å². The smallest absolute Gasteiger partial charge is 0.319 e. The second-order valence-corrected chi connectivity index (χ2v) is 5.29. The molecule has 1 aromatic carbocycles.